The summed E-state index contributed by atoms with van der Waals surface area (Å²) >= 11 is 0. The number of Topliss-reactive ketones (excluding diaryl/α,β-unsaturated/α-hetero) is 1. The summed E-state index contributed by atoms with van der Waals surface area (Å²) in [5.41, 5.74) is 2.37. The van der Waals surface area contributed by atoms with Gasteiger partial charge in [0.15, 0.2) is 5.78 Å². The third-order valence-corrected chi connectivity index (χ3v) is 2.88. The summed E-state index contributed by atoms with van der Waals surface area (Å²) in [6, 6.07) is 11.5. The number of rotatable bonds is 4. The minimum absolute atomic E-state index is 0.141. The van der Waals surface area contributed by atoms with Crippen LogP contribution in [0.4, 0.5) is 0 Å². The Morgan fingerprint density at radius 2 is 2.11 bits per heavy atom. The number of aromatic nitrogens is 1. The van der Waals surface area contributed by atoms with Crippen LogP contribution in [0.15, 0.2) is 42.7 Å². The Balaban J connectivity index is 2.22. The van der Waals surface area contributed by atoms with Gasteiger partial charge in [-0.2, -0.15) is 5.26 Å². The fourth-order valence-electron chi connectivity index (χ4n) is 1.87. The third-order valence-electron chi connectivity index (χ3n) is 2.88. The van der Waals surface area contributed by atoms with Crippen molar-refractivity contribution in [3.8, 4) is 6.07 Å². The molecule has 0 aliphatic heterocycles. The van der Waals surface area contributed by atoms with Gasteiger partial charge in [0, 0.05) is 30.9 Å². The lowest BCUT2D eigenvalue weighted by atomic mass is 10.1. The summed E-state index contributed by atoms with van der Waals surface area (Å²) < 4.78 is 1.93. The van der Waals surface area contributed by atoms with Gasteiger partial charge in [-0.3, -0.25) is 4.79 Å². The zero-order valence-electron chi connectivity index (χ0n) is 10.3. The zero-order valence-corrected chi connectivity index (χ0v) is 10.3. The molecule has 90 valence electrons. The van der Waals surface area contributed by atoms with Crippen LogP contribution < -0.4 is 0 Å². The number of hydrogen-bond donors (Lipinski definition) is 0. The van der Waals surface area contributed by atoms with Crippen LogP contribution in [-0.2, 0) is 6.54 Å². The van der Waals surface area contributed by atoms with Crippen LogP contribution in [-0.4, -0.2) is 10.4 Å². The molecule has 0 saturated carbocycles. The molecule has 0 aliphatic rings. The van der Waals surface area contributed by atoms with Crippen LogP contribution in [0.1, 0.15) is 34.8 Å². The predicted octanol–water partition coefficient (Wildman–Crippen LogP) is 3.00. The summed E-state index contributed by atoms with van der Waals surface area (Å²) in [4.78, 5) is 11.5. The fourth-order valence-corrected chi connectivity index (χ4v) is 1.87. The summed E-state index contributed by atoms with van der Waals surface area (Å²) in [5, 5.41) is 9.01. The molecule has 1 aromatic carbocycles. The lowest BCUT2D eigenvalue weighted by molar-refractivity contribution is 0.0988. The highest BCUT2D eigenvalue weighted by molar-refractivity contribution is 5.95. The Morgan fingerprint density at radius 3 is 2.83 bits per heavy atom. The summed E-state index contributed by atoms with van der Waals surface area (Å²) in [5.74, 6) is 0.141. The van der Waals surface area contributed by atoms with E-state index in [2.05, 4.69) is 6.07 Å². The van der Waals surface area contributed by atoms with Crippen molar-refractivity contribution < 1.29 is 4.79 Å². The minimum atomic E-state index is 0.141. The second-order valence-corrected chi connectivity index (χ2v) is 4.12. The predicted molar refractivity (Wildman–Crippen MR) is 69.3 cm³/mol. The van der Waals surface area contributed by atoms with Crippen molar-refractivity contribution in [3.05, 3.63) is 59.4 Å². The highest BCUT2D eigenvalue weighted by Gasteiger charge is 2.06. The van der Waals surface area contributed by atoms with E-state index in [9.17, 15) is 4.79 Å². The van der Waals surface area contributed by atoms with Gasteiger partial charge in [-0.25, -0.2) is 0 Å². The van der Waals surface area contributed by atoms with E-state index < -0.39 is 0 Å². The summed E-state index contributed by atoms with van der Waals surface area (Å²) in [7, 11) is 0. The third kappa shape index (κ3) is 2.49. The lowest BCUT2D eigenvalue weighted by Crippen LogP contribution is -2.00. The topological polar surface area (TPSA) is 45.8 Å². The first-order valence-corrected chi connectivity index (χ1v) is 5.91. The Bertz CT molecular complexity index is 605. The number of hydrogen-bond acceptors (Lipinski definition) is 2. The smallest absolute Gasteiger partial charge is 0.164 e. The molecular formula is C15H14N2O. The van der Waals surface area contributed by atoms with E-state index in [1.165, 1.54) is 0 Å². The molecule has 2 aromatic rings. The van der Waals surface area contributed by atoms with Gasteiger partial charge in [0.1, 0.15) is 0 Å². The molecule has 2 rings (SSSR count). The van der Waals surface area contributed by atoms with Crippen LogP contribution in [0.25, 0.3) is 0 Å². The maximum absolute atomic E-state index is 11.5. The number of carbonyl (C=O) groups is 1. The number of ketones is 1. The normalized spacial score (nSPS) is 10.0. The van der Waals surface area contributed by atoms with Crippen molar-refractivity contribution in [3.63, 3.8) is 0 Å². The van der Waals surface area contributed by atoms with Crippen molar-refractivity contribution in [2.45, 2.75) is 19.9 Å². The molecule has 0 aliphatic carbocycles. The van der Waals surface area contributed by atoms with E-state index >= 15 is 0 Å². The SMILES string of the molecule is CCC(=O)c1ccn(Cc2ccccc2C#N)c1. The van der Waals surface area contributed by atoms with Gasteiger partial charge in [0.05, 0.1) is 11.6 Å². The van der Waals surface area contributed by atoms with Gasteiger partial charge < -0.3 is 4.57 Å². The van der Waals surface area contributed by atoms with E-state index in [0.717, 1.165) is 11.1 Å². The first kappa shape index (κ1) is 12.1. The number of nitriles is 1. The monoisotopic (exact) mass is 238 g/mol. The van der Waals surface area contributed by atoms with Gasteiger partial charge in [-0.05, 0) is 17.7 Å². The van der Waals surface area contributed by atoms with E-state index in [1.807, 2.05) is 48.1 Å². The van der Waals surface area contributed by atoms with Gasteiger partial charge >= 0.3 is 0 Å². The Labute approximate surface area is 106 Å². The summed E-state index contributed by atoms with van der Waals surface area (Å²) in [6.45, 7) is 2.46. The lowest BCUT2D eigenvalue weighted by Gasteiger charge is -2.04. The molecule has 18 heavy (non-hydrogen) atoms. The maximum atomic E-state index is 11.5. The van der Waals surface area contributed by atoms with Crippen molar-refractivity contribution in [1.29, 1.82) is 5.26 Å². The highest BCUT2D eigenvalue weighted by Crippen LogP contribution is 2.11. The Hall–Kier alpha value is -2.34. The van der Waals surface area contributed by atoms with E-state index in [-0.39, 0.29) is 5.78 Å². The van der Waals surface area contributed by atoms with Crippen LogP contribution >= 0.6 is 0 Å². The molecule has 0 spiro atoms. The average Bonchev–Trinajstić information content (AvgIpc) is 2.87. The second-order valence-electron chi connectivity index (χ2n) is 4.12. The molecule has 0 amide bonds. The minimum Gasteiger partial charge on any atom is -0.349 e. The summed E-state index contributed by atoms with van der Waals surface area (Å²) in [6.07, 6.45) is 4.22. The average molecular weight is 238 g/mol. The van der Waals surface area contributed by atoms with Gasteiger partial charge in [-0.1, -0.05) is 25.1 Å². The molecule has 0 bridgehead atoms. The van der Waals surface area contributed by atoms with Crippen LogP contribution in [0.2, 0.25) is 0 Å². The van der Waals surface area contributed by atoms with Crippen molar-refractivity contribution in [2.75, 3.05) is 0 Å². The van der Waals surface area contributed by atoms with Crippen molar-refractivity contribution in [2.24, 2.45) is 0 Å². The zero-order chi connectivity index (χ0) is 13.0. The van der Waals surface area contributed by atoms with Gasteiger partial charge in [0.2, 0.25) is 0 Å². The number of benzene rings is 1. The van der Waals surface area contributed by atoms with E-state index in [0.29, 0.717) is 18.5 Å². The molecule has 0 atom stereocenters. The first-order chi connectivity index (χ1) is 8.74. The van der Waals surface area contributed by atoms with E-state index in [4.69, 9.17) is 5.26 Å². The quantitative estimate of drug-likeness (QED) is 0.769. The van der Waals surface area contributed by atoms with Crippen LogP contribution in [0.5, 0.6) is 0 Å². The van der Waals surface area contributed by atoms with Crippen LogP contribution in [0, 0.1) is 11.3 Å². The molecule has 0 fully saturated rings. The first-order valence-electron chi connectivity index (χ1n) is 5.91. The highest BCUT2D eigenvalue weighted by atomic mass is 16.1. The van der Waals surface area contributed by atoms with Crippen molar-refractivity contribution >= 4 is 5.78 Å². The molecule has 0 unspecified atom stereocenters. The maximum Gasteiger partial charge on any atom is 0.164 e. The fraction of sp³-hybridized carbons (Fsp3) is 0.200. The molecule has 0 saturated heterocycles. The number of carbonyl (C=O) groups excluding carboxylic acids is 1. The standard InChI is InChI=1S/C15H14N2O/c1-2-15(18)14-7-8-17(11-14)10-13-6-4-3-5-12(13)9-16/h3-8,11H,2,10H2,1H3. The molecule has 0 radical (unpaired) electrons. The van der Waals surface area contributed by atoms with Gasteiger partial charge in [-0.15, -0.1) is 0 Å². The molecule has 1 aromatic heterocycles. The Morgan fingerprint density at radius 1 is 1.33 bits per heavy atom. The molecular weight excluding hydrogens is 224 g/mol. The van der Waals surface area contributed by atoms with Crippen LogP contribution in [0.3, 0.4) is 0 Å². The number of nitrogens with zero attached hydrogens (tertiary/aromatic N) is 2. The molecule has 1 heterocycles. The molecule has 0 N–H and O–H groups in total. The largest absolute Gasteiger partial charge is 0.349 e. The van der Waals surface area contributed by atoms with Gasteiger partial charge in [0.25, 0.3) is 0 Å². The van der Waals surface area contributed by atoms with E-state index in [1.54, 1.807) is 6.07 Å². The second kappa shape index (κ2) is 5.33. The molecule has 3 nitrogen and oxygen atoms in total. The Kier molecular flexibility index (Phi) is 3.59. The van der Waals surface area contributed by atoms with Crippen molar-refractivity contribution in [1.82, 2.24) is 4.57 Å². The molecule has 3 heteroatoms.